The Kier molecular flexibility index (Phi) is 3.42. The first-order chi connectivity index (χ1) is 6.54. The molecule has 0 atom stereocenters. The van der Waals surface area contributed by atoms with Gasteiger partial charge >= 0.3 is 0 Å². The Hall–Kier alpha value is -1.14. The topological polar surface area (TPSA) is 36.7 Å². The summed E-state index contributed by atoms with van der Waals surface area (Å²) in [6, 6.07) is 6.32. The maximum Gasteiger partial charge on any atom is 0.101 e. The van der Waals surface area contributed by atoms with E-state index in [4.69, 9.17) is 5.26 Å². The van der Waals surface area contributed by atoms with Crippen molar-refractivity contribution in [3.05, 3.63) is 23.9 Å². The Morgan fingerprint density at radius 2 is 2.14 bits per heavy atom. The minimum absolute atomic E-state index is 0.592. The van der Waals surface area contributed by atoms with Crippen molar-refractivity contribution in [2.45, 2.75) is 32.5 Å². The van der Waals surface area contributed by atoms with Crippen LogP contribution in [0.1, 0.15) is 12.0 Å². The molecule has 0 radical (unpaired) electrons. The molecule has 0 fully saturated rings. The van der Waals surface area contributed by atoms with Crippen molar-refractivity contribution in [1.29, 1.82) is 5.26 Å². The van der Waals surface area contributed by atoms with Crippen molar-refractivity contribution in [2.75, 3.05) is 0 Å². The largest absolute Gasteiger partial charge is 0.266 e. The molecule has 0 aliphatic rings. The van der Waals surface area contributed by atoms with Crippen molar-refractivity contribution in [3.63, 3.8) is 0 Å². The first-order valence-corrected chi connectivity index (χ1v) is 8.36. The minimum Gasteiger partial charge on any atom is -0.266 e. The third-order valence-electron chi connectivity index (χ3n) is 2.12. The van der Waals surface area contributed by atoms with Crippen molar-refractivity contribution < 1.29 is 0 Å². The number of pyridine rings is 1. The zero-order valence-electron chi connectivity index (χ0n) is 9.04. The van der Waals surface area contributed by atoms with E-state index in [1.807, 2.05) is 12.3 Å². The van der Waals surface area contributed by atoms with Gasteiger partial charge in [0, 0.05) is 17.9 Å². The first-order valence-electron chi connectivity index (χ1n) is 4.86. The van der Waals surface area contributed by atoms with Crippen molar-refractivity contribution in [2.24, 2.45) is 0 Å². The fraction of sp³-hybridized carbons (Fsp3) is 0.455. The molecule has 1 aromatic heterocycles. The molecule has 1 heterocycles. The zero-order chi connectivity index (χ0) is 10.6. The van der Waals surface area contributed by atoms with Crippen LogP contribution in [0, 0.1) is 11.3 Å². The van der Waals surface area contributed by atoms with Crippen LogP contribution in [0.15, 0.2) is 18.3 Å². The van der Waals surface area contributed by atoms with Gasteiger partial charge in [-0.3, -0.25) is 4.98 Å². The highest BCUT2D eigenvalue weighted by Crippen LogP contribution is 2.04. The number of nitrogens with zero attached hydrogens (tertiary/aromatic N) is 2. The first kappa shape index (κ1) is 10.9. The summed E-state index contributed by atoms with van der Waals surface area (Å²) in [5.41, 5.74) is 1.24. The third-order valence-corrected chi connectivity index (χ3v) is 3.93. The highest BCUT2D eigenvalue weighted by molar-refractivity contribution is 6.88. The van der Waals surface area contributed by atoms with E-state index in [1.54, 1.807) is 0 Å². The SMILES string of the molecule is C[Si](C)(C)c1cc(CCC#N)ccn1. The van der Waals surface area contributed by atoms with Gasteiger partial charge in [-0.1, -0.05) is 19.6 Å². The second-order valence-corrected chi connectivity index (χ2v) is 9.47. The lowest BCUT2D eigenvalue weighted by molar-refractivity contribution is 1.01. The van der Waals surface area contributed by atoms with E-state index in [-0.39, 0.29) is 0 Å². The van der Waals surface area contributed by atoms with Crippen LogP contribution in [-0.4, -0.2) is 13.1 Å². The normalized spacial score (nSPS) is 11.0. The molecule has 0 saturated heterocycles. The predicted molar refractivity (Wildman–Crippen MR) is 61.2 cm³/mol. The maximum atomic E-state index is 8.50. The van der Waals surface area contributed by atoms with E-state index in [0.29, 0.717) is 6.42 Å². The van der Waals surface area contributed by atoms with E-state index in [2.05, 4.69) is 36.8 Å². The Morgan fingerprint density at radius 1 is 1.43 bits per heavy atom. The van der Waals surface area contributed by atoms with Crippen LogP contribution in [0.3, 0.4) is 0 Å². The number of rotatable bonds is 3. The van der Waals surface area contributed by atoms with Crippen LogP contribution >= 0.6 is 0 Å². The summed E-state index contributed by atoms with van der Waals surface area (Å²) in [5, 5.41) is 9.73. The Bertz CT molecular complexity index is 347. The molecule has 0 aromatic carbocycles. The van der Waals surface area contributed by atoms with E-state index >= 15 is 0 Å². The van der Waals surface area contributed by atoms with Gasteiger partial charge in [-0.25, -0.2) is 0 Å². The summed E-state index contributed by atoms with van der Waals surface area (Å²) < 4.78 is 0. The molecule has 1 rings (SSSR count). The van der Waals surface area contributed by atoms with Crippen molar-refractivity contribution in [1.82, 2.24) is 4.98 Å². The summed E-state index contributed by atoms with van der Waals surface area (Å²) in [4.78, 5) is 4.40. The Balaban J connectivity index is 2.86. The lowest BCUT2D eigenvalue weighted by atomic mass is 10.2. The van der Waals surface area contributed by atoms with Gasteiger partial charge in [0.05, 0.1) is 6.07 Å². The summed E-state index contributed by atoms with van der Waals surface area (Å²) in [6.45, 7) is 6.84. The summed E-state index contributed by atoms with van der Waals surface area (Å²) in [5.74, 6) is 0. The lowest BCUT2D eigenvalue weighted by Gasteiger charge is -2.15. The molecule has 0 unspecified atom stereocenters. The van der Waals surface area contributed by atoms with E-state index in [9.17, 15) is 0 Å². The highest BCUT2D eigenvalue weighted by Gasteiger charge is 2.17. The second kappa shape index (κ2) is 4.38. The molecule has 0 N–H and O–H groups in total. The van der Waals surface area contributed by atoms with Crippen LogP contribution in [0.25, 0.3) is 0 Å². The van der Waals surface area contributed by atoms with E-state index in [1.165, 1.54) is 10.9 Å². The molecule has 3 heteroatoms. The van der Waals surface area contributed by atoms with Crippen molar-refractivity contribution >= 4 is 13.4 Å². The second-order valence-electron chi connectivity index (χ2n) is 4.46. The average Bonchev–Trinajstić information content (AvgIpc) is 2.14. The lowest BCUT2D eigenvalue weighted by Crippen LogP contribution is -2.40. The van der Waals surface area contributed by atoms with Gasteiger partial charge < -0.3 is 0 Å². The molecular formula is C11H16N2Si. The number of hydrogen-bond acceptors (Lipinski definition) is 2. The zero-order valence-corrected chi connectivity index (χ0v) is 10.0. The number of aryl methyl sites for hydroxylation is 1. The van der Waals surface area contributed by atoms with Gasteiger partial charge in [0.25, 0.3) is 0 Å². The standard InChI is InChI=1S/C11H16N2Si/c1-14(2,3)11-9-10(5-4-7-12)6-8-13-11/h6,8-9H,4-5H2,1-3H3. The molecule has 0 spiro atoms. The number of hydrogen-bond donors (Lipinski definition) is 0. The quantitative estimate of drug-likeness (QED) is 0.707. The molecule has 74 valence electrons. The molecule has 0 aliphatic heterocycles. The molecule has 0 bridgehead atoms. The minimum atomic E-state index is -1.30. The van der Waals surface area contributed by atoms with Crippen LogP contribution in [-0.2, 0) is 6.42 Å². The van der Waals surface area contributed by atoms with Gasteiger partial charge in [0.15, 0.2) is 0 Å². The van der Waals surface area contributed by atoms with E-state index in [0.717, 1.165) is 6.42 Å². The fourth-order valence-corrected chi connectivity index (χ4v) is 2.32. The van der Waals surface area contributed by atoms with Gasteiger partial charge in [-0.05, 0) is 24.1 Å². The maximum absolute atomic E-state index is 8.50. The van der Waals surface area contributed by atoms with Gasteiger partial charge in [0.1, 0.15) is 8.07 Å². The van der Waals surface area contributed by atoms with Gasteiger partial charge in [-0.15, -0.1) is 0 Å². The summed E-state index contributed by atoms with van der Waals surface area (Å²) in [7, 11) is -1.30. The highest BCUT2D eigenvalue weighted by atomic mass is 28.3. The third kappa shape index (κ3) is 2.97. The van der Waals surface area contributed by atoms with Crippen LogP contribution in [0.4, 0.5) is 0 Å². The molecule has 1 aromatic rings. The average molecular weight is 204 g/mol. The Morgan fingerprint density at radius 3 is 2.71 bits per heavy atom. The van der Waals surface area contributed by atoms with Crippen LogP contribution in [0.2, 0.25) is 19.6 Å². The molecule has 14 heavy (non-hydrogen) atoms. The van der Waals surface area contributed by atoms with Crippen molar-refractivity contribution in [3.8, 4) is 6.07 Å². The summed E-state index contributed by atoms with van der Waals surface area (Å²) in [6.07, 6.45) is 3.30. The smallest absolute Gasteiger partial charge is 0.101 e. The van der Waals surface area contributed by atoms with Gasteiger partial charge in [-0.2, -0.15) is 5.26 Å². The molecule has 2 nitrogen and oxygen atoms in total. The van der Waals surface area contributed by atoms with Crippen LogP contribution < -0.4 is 5.32 Å². The van der Waals surface area contributed by atoms with Gasteiger partial charge in [0.2, 0.25) is 0 Å². The van der Waals surface area contributed by atoms with Crippen LogP contribution in [0.5, 0.6) is 0 Å². The number of nitriles is 1. The Labute approximate surface area is 86.6 Å². The molecular weight excluding hydrogens is 188 g/mol. The molecule has 0 aliphatic carbocycles. The molecule has 0 amide bonds. The summed E-state index contributed by atoms with van der Waals surface area (Å²) >= 11 is 0. The predicted octanol–water partition coefficient (Wildman–Crippen LogP) is 2.08. The van der Waals surface area contributed by atoms with E-state index < -0.39 is 8.07 Å². The fourth-order valence-electron chi connectivity index (χ4n) is 1.24. The monoisotopic (exact) mass is 204 g/mol. The number of aromatic nitrogens is 1. The molecule has 0 saturated carbocycles.